The van der Waals surface area contributed by atoms with Crippen LogP contribution in [0.4, 0.5) is 0 Å². The number of rotatable bonds is 2. The van der Waals surface area contributed by atoms with E-state index in [9.17, 15) is 9.90 Å². The van der Waals surface area contributed by atoms with Crippen molar-refractivity contribution in [3.63, 3.8) is 0 Å². The van der Waals surface area contributed by atoms with E-state index >= 15 is 0 Å². The number of carbonyl (C=O) groups excluding carboxylic acids is 1. The van der Waals surface area contributed by atoms with E-state index in [0.29, 0.717) is 5.56 Å². The first-order valence-corrected chi connectivity index (χ1v) is 5.87. The number of nitrogens with zero attached hydrogens (tertiary/aromatic N) is 1. The number of nitrogens with one attached hydrogen (secondary N) is 1. The van der Waals surface area contributed by atoms with Gasteiger partial charge in [-0.1, -0.05) is 6.07 Å². The monoisotopic (exact) mass is 234 g/mol. The zero-order valence-electron chi connectivity index (χ0n) is 10.2. The number of likely N-dealkylation sites (N-methyl/N-ethyl adjacent to an activating group) is 1. The Balaban J connectivity index is 2.18. The minimum Gasteiger partial charge on any atom is -0.507 e. The summed E-state index contributed by atoms with van der Waals surface area (Å²) in [5, 5.41) is 13.0. The number of carbonyl (C=O) groups is 1. The standard InChI is InChI=1S/C13H18N2O2/c1-9-3-4-11(12(16)7-9)13(17)15(2)10-5-6-14-8-10/h3-4,7,10,14,16H,5-6,8H2,1-2H3. The number of phenolic OH excluding ortho intramolecular Hbond substituents is 1. The summed E-state index contributed by atoms with van der Waals surface area (Å²) >= 11 is 0. The third kappa shape index (κ3) is 2.42. The largest absolute Gasteiger partial charge is 0.507 e. The second-order valence-corrected chi connectivity index (χ2v) is 4.58. The van der Waals surface area contributed by atoms with Crippen LogP contribution in [0.3, 0.4) is 0 Å². The Bertz CT molecular complexity index is 425. The summed E-state index contributed by atoms with van der Waals surface area (Å²) in [7, 11) is 1.79. The highest BCUT2D eigenvalue weighted by Gasteiger charge is 2.25. The van der Waals surface area contributed by atoms with Crippen LogP contribution in [0.5, 0.6) is 5.75 Å². The molecule has 1 unspecified atom stereocenters. The van der Waals surface area contributed by atoms with Gasteiger partial charge in [-0.25, -0.2) is 0 Å². The molecule has 1 aliphatic rings. The molecule has 0 spiro atoms. The summed E-state index contributed by atoms with van der Waals surface area (Å²) in [5.74, 6) is -0.0518. The topological polar surface area (TPSA) is 52.6 Å². The normalized spacial score (nSPS) is 19.3. The molecular formula is C13H18N2O2. The molecule has 0 aliphatic carbocycles. The average Bonchev–Trinajstić information content (AvgIpc) is 2.80. The fraction of sp³-hybridized carbons (Fsp3) is 0.462. The second-order valence-electron chi connectivity index (χ2n) is 4.58. The van der Waals surface area contributed by atoms with Gasteiger partial charge < -0.3 is 15.3 Å². The van der Waals surface area contributed by atoms with Gasteiger partial charge in [-0.05, 0) is 37.6 Å². The first kappa shape index (κ1) is 11.9. The highest BCUT2D eigenvalue weighted by Crippen LogP contribution is 2.21. The molecule has 4 nitrogen and oxygen atoms in total. The zero-order chi connectivity index (χ0) is 12.4. The van der Waals surface area contributed by atoms with Crippen molar-refractivity contribution in [1.82, 2.24) is 10.2 Å². The fourth-order valence-corrected chi connectivity index (χ4v) is 2.15. The van der Waals surface area contributed by atoms with Crippen LogP contribution in [0, 0.1) is 6.92 Å². The fourth-order valence-electron chi connectivity index (χ4n) is 2.15. The molecule has 0 radical (unpaired) electrons. The third-order valence-corrected chi connectivity index (χ3v) is 3.29. The predicted molar refractivity (Wildman–Crippen MR) is 66.2 cm³/mol. The minimum atomic E-state index is -0.115. The smallest absolute Gasteiger partial charge is 0.257 e. The Hall–Kier alpha value is -1.55. The van der Waals surface area contributed by atoms with Gasteiger partial charge in [0.1, 0.15) is 5.75 Å². The van der Waals surface area contributed by atoms with Crippen LogP contribution in [-0.2, 0) is 0 Å². The lowest BCUT2D eigenvalue weighted by Crippen LogP contribution is -2.38. The Kier molecular flexibility index (Phi) is 3.33. The molecule has 92 valence electrons. The molecule has 17 heavy (non-hydrogen) atoms. The van der Waals surface area contributed by atoms with Crippen LogP contribution in [-0.4, -0.2) is 42.1 Å². The Morgan fingerprint density at radius 2 is 2.29 bits per heavy atom. The highest BCUT2D eigenvalue weighted by molar-refractivity contribution is 5.97. The lowest BCUT2D eigenvalue weighted by Gasteiger charge is -2.24. The first-order chi connectivity index (χ1) is 8.09. The molecule has 2 N–H and O–H groups in total. The molecule has 1 fully saturated rings. The molecular weight excluding hydrogens is 216 g/mol. The van der Waals surface area contributed by atoms with E-state index in [-0.39, 0.29) is 17.7 Å². The van der Waals surface area contributed by atoms with Crippen molar-refractivity contribution >= 4 is 5.91 Å². The van der Waals surface area contributed by atoms with Crippen molar-refractivity contribution in [3.8, 4) is 5.75 Å². The third-order valence-electron chi connectivity index (χ3n) is 3.29. The van der Waals surface area contributed by atoms with Gasteiger partial charge >= 0.3 is 0 Å². The number of amides is 1. The summed E-state index contributed by atoms with van der Waals surface area (Å²) in [6, 6.07) is 5.37. The van der Waals surface area contributed by atoms with Crippen molar-refractivity contribution in [1.29, 1.82) is 0 Å². The summed E-state index contributed by atoms with van der Waals surface area (Å²) < 4.78 is 0. The van der Waals surface area contributed by atoms with E-state index in [2.05, 4.69) is 5.32 Å². The zero-order valence-corrected chi connectivity index (χ0v) is 10.2. The average molecular weight is 234 g/mol. The molecule has 1 aromatic carbocycles. The molecule has 1 atom stereocenters. The van der Waals surface area contributed by atoms with E-state index in [1.54, 1.807) is 24.1 Å². The maximum absolute atomic E-state index is 12.2. The van der Waals surface area contributed by atoms with Gasteiger partial charge in [0.15, 0.2) is 0 Å². The summed E-state index contributed by atoms with van der Waals surface area (Å²) in [5.41, 5.74) is 1.33. The molecule has 0 bridgehead atoms. The number of benzene rings is 1. The minimum absolute atomic E-state index is 0.0628. The van der Waals surface area contributed by atoms with Gasteiger partial charge in [0.25, 0.3) is 5.91 Å². The Morgan fingerprint density at radius 1 is 1.53 bits per heavy atom. The Morgan fingerprint density at radius 3 is 2.88 bits per heavy atom. The Labute approximate surface area is 101 Å². The van der Waals surface area contributed by atoms with Crippen LogP contribution < -0.4 is 5.32 Å². The molecule has 4 heteroatoms. The molecule has 1 aromatic rings. The molecule has 1 heterocycles. The summed E-state index contributed by atoms with van der Waals surface area (Å²) in [4.78, 5) is 13.9. The summed E-state index contributed by atoms with van der Waals surface area (Å²) in [6.45, 7) is 3.66. The highest BCUT2D eigenvalue weighted by atomic mass is 16.3. The van der Waals surface area contributed by atoms with Gasteiger partial charge in [0, 0.05) is 19.6 Å². The molecule has 2 rings (SSSR count). The summed E-state index contributed by atoms with van der Waals surface area (Å²) in [6.07, 6.45) is 0.967. The number of aryl methyl sites for hydroxylation is 1. The molecule has 1 amide bonds. The van der Waals surface area contributed by atoms with Gasteiger partial charge in [-0.3, -0.25) is 4.79 Å². The van der Waals surface area contributed by atoms with Gasteiger partial charge in [-0.15, -0.1) is 0 Å². The van der Waals surface area contributed by atoms with Crippen LogP contribution in [0.15, 0.2) is 18.2 Å². The van der Waals surface area contributed by atoms with E-state index in [0.717, 1.165) is 25.1 Å². The van der Waals surface area contributed by atoms with Crippen LogP contribution in [0.2, 0.25) is 0 Å². The van der Waals surface area contributed by atoms with E-state index < -0.39 is 0 Å². The van der Waals surface area contributed by atoms with Crippen molar-refractivity contribution in [2.45, 2.75) is 19.4 Å². The van der Waals surface area contributed by atoms with E-state index in [1.165, 1.54) is 0 Å². The van der Waals surface area contributed by atoms with Crippen molar-refractivity contribution < 1.29 is 9.90 Å². The maximum atomic E-state index is 12.2. The van der Waals surface area contributed by atoms with Gasteiger partial charge in [0.05, 0.1) is 5.56 Å². The predicted octanol–water partition coefficient (Wildman–Crippen LogP) is 1.13. The number of hydrogen-bond donors (Lipinski definition) is 2. The lowest BCUT2D eigenvalue weighted by molar-refractivity contribution is 0.0741. The first-order valence-electron chi connectivity index (χ1n) is 5.87. The lowest BCUT2D eigenvalue weighted by atomic mass is 10.1. The van der Waals surface area contributed by atoms with E-state index in [1.807, 2.05) is 13.0 Å². The van der Waals surface area contributed by atoms with Gasteiger partial charge in [-0.2, -0.15) is 0 Å². The molecule has 0 aromatic heterocycles. The SMILES string of the molecule is Cc1ccc(C(=O)N(C)C2CCNC2)c(O)c1. The van der Waals surface area contributed by atoms with Crippen molar-refractivity contribution in [2.75, 3.05) is 20.1 Å². The quantitative estimate of drug-likeness (QED) is 0.806. The second kappa shape index (κ2) is 4.75. The maximum Gasteiger partial charge on any atom is 0.257 e. The van der Waals surface area contributed by atoms with Crippen molar-refractivity contribution in [2.24, 2.45) is 0 Å². The van der Waals surface area contributed by atoms with Crippen molar-refractivity contribution in [3.05, 3.63) is 29.3 Å². The van der Waals surface area contributed by atoms with Gasteiger partial charge in [0.2, 0.25) is 0 Å². The molecule has 1 saturated heterocycles. The van der Waals surface area contributed by atoms with Crippen LogP contribution in [0.1, 0.15) is 22.3 Å². The number of aromatic hydroxyl groups is 1. The molecule has 1 aliphatic heterocycles. The van der Waals surface area contributed by atoms with Crippen LogP contribution >= 0.6 is 0 Å². The number of phenols is 1. The number of hydrogen-bond acceptors (Lipinski definition) is 3. The van der Waals surface area contributed by atoms with E-state index in [4.69, 9.17) is 0 Å². The molecule has 0 saturated carbocycles. The van der Waals surface area contributed by atoms with Crippen LogP contribution in [0.25, 0.3) is 0 Å².